The Morgan fingerprint density at radius 1 is 1.37 bits per heavy atom. The van der Waals surface area contributed by atoms with E-state index in [1.54, 1.807) is 24.3 Å². The second-order valence-corrected chi connectivity index (χ2v) is 4.16. The van der Waals surface area contributed by atoms with E-state index in [0.29, 0.717) is 6.54 Å². The first kappa shape index (κ1) is 13.2. The molecule has 0 radical (unpaired) electrons. The molecule has 7 nitrogen and oxygen atoms in total. The number of nitro groups is 1. The van der Waals surface area contributed by atoms with Crippen LogP contribution in [0, 0.1) is 10.1 Å². The first-order valence-corrected chi connectivity index (χ1v) is 5.72. The van der Waals surface area contributed by atoms with Crippen molar-refractivity contribution in [2.45, 2.75) is 6.54 Å². The molecule has 0 saturated carbocycles. The number of aromatic nitrogens is 3. The van der Waals surface area contributed by atoms with Gasteiger partial charge in [-0.05, 0) is 17.7 Å². The Hall–Kier alpha value is -2.28. The van der Waals surface area contributed by atoms with Gasteiger partial charge >= 0.3 is 5.69 Å². The maximum absolute atomic E-state index is 11.0. The Kier molecular flexibility index (Phi) is 3.86. The van der Waals surface area contributed by atoms with E-state index in [4.69, 9.17) is 11.6 Å². The average Bonchev–Trinajstić information content (AvgIpc) is 2.39. The lowest BCUT2D eigenvalue weighted by Gasteiger charge is -2.17. The minimum Gasteiger partial charge on any atom is -0.349 e. The van der Waals surface area contributed by atoms with Crippen molar-refractivity contribution in [3.8, 4) is 0 Å². The fourth-order valence-corrected chi connectivity index (χ4v) is 1.82. The van der Waals surface area contributed by atoms with E-state index in [1.807, 2.05) is 12.1 Å². The number of halogens is 1. The summed E-state index contributed by atoms with van der Waals surface area (Å²) in [5, 5.41) is 10.8. The van der Waals surface area contributed by atoms with Crippen molar-refractivity contribution in [3.63, 3.8) is 0 Å². The highest BCUT2D eigenvalue weighted by atomic mass is 35.5. The van der Waals surface area contributed by atoms with Crippen molar-refractivity contribution in [1.29, 1.82) is 0 Å². The SMILES string of the molecule is CN(Cc1ccncc1)c1ncnc(Cl)c1[N+](=O)[O-]. The highest BCUT2D eigenvalue weighted by molar-refractivity contribution is 6.31. The third kappa shape index (κ3) is 2.94. The quantitative estimate of drug-likeness (QED) is 0.484. The Bertz CT molecular complexity index is 593. The van der Waals surface area contributed by atoms with Gasteiger partial charge in [0.2, 0.25) is 11.0 Å². The standard InChI is InChI=1S/C11H10ClN5O2/c1-16(6-8-2-4-13-5-3-8)11-9(17(18)19)10(12)14-7-15-11/h2-5,7H,6H2,1H3. The summed E-state index contributed by atoms with van der Waals surface area (Å²) in [5.74, 6) is 0.182. The van der Waals surface area contributed by atoms with E-state index >= 15 is 0 Å². The smallest absolute Gasteiger partial charge is 0.348 e. The summed E-state index contributed by atoms with van der Waals surface area (Å²) in [5.41, 5.74) is 0.669. The summed E-state index contributed by atoms with van der Waals surface area (Å²) < 4.78 is 0. The molecular weight excluding hydrogens is 270 g/mol. The van der Waals surface area contributed by atoms with Crippen LogP contribution in [0.1, 0.15) is 5.56 Å². The van der Waals surface area contributed by atoms with Gasteiger partial charge in [-0.3, -0.25) is 15.1 Å². The summed E-state index contributed by atoms with van der Waals surface area (Å²) >= 11 is 5.74. The number of hydrogen-bond donors (Lipinski definition) is 0. The molecule has 19 heavy (non-hydrogen) atoms. The molecule has 0 amide bonds. The first-order chi connectivity index (χ1) is 9.09. The lowest BCUT2D eigenvalue weighted by Crippen LogP contribution is -2.19. The molecule has 0 bridgehead atoms. The van der Waals surface area contributed by atoms with Crippen molar-refractivity contribution in [1.82, 2.24) is 15.0 Å². The molecule has 0 spiro atoms. The molecule has 0 aliphatic rings. The molecule has 2 aromatic rings. The average molecular weight is 280 g/mol. The molecule has 2 heterocycles. The van der Waals surface area contributed by atoms with Crippen molar-refractivity contribution in [2.75, 3.05) is 11.9 Å². The highest BCUT2D eigenvalue weighted by Crippen LogP contribution is 2.31. The second kappa shape index (κ2) is 5.57. The van der Waals surface area contributed by atoms with Crippen molar-refractivity contribution >= 4 is 23.1 Å². The van der Waals surface area contributed by atoms with Gasteiger partial charge in [-0.2, -0.15) is 0 Å². The summed E-state index contributed by atoms with van der Waals surface area (Å²) in [6, 6.07) is 3.65. The maximum atomic E-state index is 11.0. The fraction of sp³-hybridized carbons (Fsp3) is 0.182. The topological polar surface area (TPSA) is 85.0 Å². The Labute approximate surface area is 114 Å². The lowest BCUT2D eigenvalue weighted by molar-refractivity contribution is -0.384. The van der Waals surface area contributed by atoms with E-state index in [9.17, 15) is 10.1 Å². The van der Waals surface area contributed by atoms with Gasteiger partial charge < -0.3 is 4.90 Å². The molecule has 0 aliphatic carbocycles. The van der Waals surface area contributed by atoms with Gasteiger partial charge in [0.15, 0.2) is 0 Å². The van der Waals surface area contributed by atoms with Crippen molar-refractivity contribution < 1.29 is 4.92 Å². The number of nitrogens with zero attached hydrogens (tertiary/aromatic N) is 5. The maximum Gasteiger partial charge on any atom is 0.348 e. The minimum absolute atomic E-state index is 0.170. The van der Waals surface area contributed by atoms with E-state index in [2.05, 4.69) is 15.0 Å². The third-order valence-corrected chi connectivity index (χ3v) is 2.75. The molecule has 0 unspecified atom stereocenters. The van der Waals surface area contributed by atoms with Gasteiger partial charge in [-0.1, -0.05) is 11.6 Å². The molecular formula is C11H10ClN5O2. The van der Waals surface area contributed by atoms with Gasteiger partial charge in [0, 0.05) is 26.0 Å². The summed E-state index contributed by atoms with van der Waals surface area (Å²) in [6.07, 6.45) is 4.52. The van der Waals surface area contributed by atoms with Crippen LogP contribution in [0.5, 0.6) is 0 Å². The molecule has 0 fully saturated rings. The highest BCUT2D eigenvalue weighted by Gasteiger charge is 2.24. The number of rotatable bonds is 4. The van der Waals surface area contributed by atoms with Crippen LogP contribution in [0.25, 0.3) is 0 Å². The molecule has 0 saturated heterocycles. The van der Waals surface area contributed by atoms with Gasteiger partial charge in [-0.25, -0.2) is 9.97 Å². The largest absolute Gasteiger partial charge is 0.349 e. The molecule has 0 N–H and O–H groups in total. The van der Waals surface area contributed by atoms with Crippen LogP contribution in [0.2, 0.25) is 5.15 Å². The van der Waals surface area contributed by atoms with Gasteiger partial charge in [-0.15, -0.1) is 0 Å². The van der Waals surface area contributed by atoms with Gasteiger partial charge in [0.25, 0.3) is 0 Å². The number of pyridine rings is 1. The Balaban J connectivity index is 2.31. The monoisotopic (exact) mass is 279 g/mol. The Morgan fingerprint density at radius 2 is 2.05 bits per heavy atom. The molecule has 0 aliphatic heterocycles. The summed E-state index contributed by atoms with van der Waals surface area (Å²) in [7, 11) is 1.70. The zero-order valence-electron chi connectivity index (χ0n) is 10.0. The number of hydrogen-bond acceptors (Lipinski definition) is 6. The van der Waals surface area contributed by atoms with E-state index in [0.717, 1.165) is 5.56 Å². The van der Waals surface area contributed by atoms with Crippen LogP contribution in [0.3, 0.4) is 0 Å². The molecule has 0 aromatic carbocycles. The predicted octanol–water partition coefficient (Wildman–Crippen LogP) is 2.07. The molecule has 0 atom stereocenters. The predicted molar refractivity (Wildman–Crippen MR) is 70.0 cm³/mol. The second-order valence-electron chi connectivity index (χ2n) is 3.81. The van der Waals surface area contributed by atoms with Crippen LogP contribution in [0.4, 0.5) is 11.5 Å². The molecule has 98 valence electrons. The summed E-state index contributed by atoms with van der Waals surface area (Å²) in [6.45, 7) is 0.455. The molecule has 8 heteroatoms. The van der Waals surface area contributed by atoms with Gasteiger partial charge in [0.1, 0.15) is 6.33 Å². The molecule has 2 aromatic heterocycles. The van der Waals surface area contributed by atoms with Crippen LogP contribution < -0.4 is 4.90 Å². The van der Waals surface area contributed by atoms with E-state index in [1.165, 1.54) is 6.33 Å². The van der Waals surface area contributed by atoms with Crippen LogP contribution >= 0.6 is 11.6 Å². The van der Waals surface area contributed by atoms with Crippen molar-refractivity contribution in [2.24, 2.45) is 0 Å². The zero-order valence-corrected chi connectivity index (χ0v) is 10.8. The zero-order chi connectivity index (χ0) is 13.8. The normalized spacial score (nSPS) is 10.2. The van der Waals surface area contributed by atoms with E-state index in [-0.39, 0.29) is 16.7 Å². The third-order valence-electron chi connectivity index (χ3n) is 2.47. The lowest BCUT2D eigenvalue weighted by atomic mass is 10.2. The molecule has 2 rings (SSSR count). The van der Waals surface area contributed by atoms with Gasteiger partial charge in [0.05, 0.1) is 4.92 Å². The summed E-state index contributed by atoms with van der Waals surface area (Å²) in [4.78, 5) is 23.5. The van der Waals surface area contributed by atoms with Crippen LogP contribution in [-0.4, -0.2) is 26.9 Å². The van der Waals surface area contributed by atoms with Crippen LogP contribution in [-0.2, 0) is 6.54 Å². The fourth-order valence-electron chi connectivity index (χ4n) is 1.62. The minimum atomic E-state index is -0.583. The van der Waals surface area contributed by atoms with E-state index < -0.39 is 4.92 Å². The number of anilines is 1. The van der Waals surface area contributed by atoms with Crippen molar-refractivity contribution in [3.05, 3.63) is 51.7 Å². The van der Waals surface area contributed by atoms with Crippen LogP contribution in [0.15, 0.2) is 30.9 Å². The Morgan fingerprint density at radius 3 is 2.68 bits per heavy atom. The first-order valence-electron chi connectivity index (χ1n) is 5.34.